The van der Waals surface area contributed by atoms with Crippen LogP contribution in [0.25, 0.3) is 11.2 Å². The Labute approximate surface area is 199 Å². The summed E-state index contributed by atoms with van der Waals surface area (Å²) in [4.78, 5) is 47.5. The topological polar surface area (TPSA) is 187 Å². The number of rotatable bonds is 8. The number of fused-ring (bicyclic) bond motifs is 1. The standard InChI is InChI=1S/C21H25N7O7/c1-21(2,3)35-20(30)24-12(18(29)33-4)9-10-27-11-23-15-16(27)25-19(22)26-17(15)34-14-8-6-5-7-13(14)28(31)32/h5-8,11-12H,9-10H2,1-4H3,(H,24,30)(H2,22,25,26)/t12-/m0/s1. The Bertz CT molecular complexity index is 1250. The molecule has 186 valence electrons. The van der Waals surface area contributed by atoms with Crippen LogP contribution in [-0.4, -0.2) is 55.3 Å². The summed E-state index contributed by atoms with van der Waals surface area (Å²) in [6, 6.07) is 4.79. The molecule has 3 rings (SSSR count). The normalized spacial score (nSPS) is 12.1. The van der Waals surface area contributed by atoms with Crippen LogP contribution in [0.5, 0.6) is 11.6 Å². The molecule has 3 N–H and O–H groups in total. The van der Waals surface area contributed by atoms with E-state index in [-0.39, 0.29) is 47.4 Å². The van der Waals surface area contributed by atoms with Crippen molar-refractivity contribution in [1.82, 2.24) is 24.8 Å². The number of methoxy groups -OCH3 is 1. The maximum Gasteiger partial charge on any atom is 0.408 e. The highest BCUT2D eigenvalue weighted by Gasteiger charge is 2.26. The van der Waals surface area contributed by atoms with Gasteiger partial charge in [0, 0.05) is 12.6 Å². The molecule has 0 aliphatic heterocycles. The molecule has 0 radical (unpaired) electrons. The third-order valence-electron chi connectivity index (χ3n) is 4.55. The van der Waals surface area contributed by atoms with Gasteiger partial charge in [-0.05, 0) is 33.3 Å². The number of aryl methyl sites for hydroxylation is 1. The number of hydrogen-bond acceptors (Lipinski definition) is 11. The number of nitro groups is 1. The number of aromatic nitrogens is 4. The van der Waals surface area contributed by atoms with Crippen LogP contribution in [0.3, 0.4) is 0 Å². The van der Waals surface area contributed by atoms with Crippen LogP contribution in [0, 0.1) is 10.1 Å². The number of para-hydroxylation sites is 2. The largest absolute Gasteiger partial charge is 0.467 e. The van der Waals surface area contributed by atoms with E-state index in [0.717, 1.165) is 0 Å². The van der Waals surface area contributed by atoms with Crippen molar-refractivity contribution in [2.24, 2.45) is 0 Å². The molecule has 1 atom stereocenters. The van der Waals surface area contributed by atoms with Crippen LogP contribution in [0.15, 0.2) is 30.6 Å². The fourth-order valence-electron chi connectivity index (χ4n) is 3.08. The smallest absolute Gasteiger partial charge is 0.408 e. The van der Waals surface area contributed by atoms with Crippen molar-refractivity contribution >= 4 is 34.9 Å². The summed E-state index contributed by atoms with van der Waals surface area (Å²) < 4.78 is 17.2. The number of imidazole rings is 1. The van der Waals surface area contributed by atoms with Gasteiger partial charge in [0.25, 0.3) is 5.88 Å². The first kappa shape index (κ1) is 25.1. The molecule has 0 saturated heterocycles. The van der Waals surface area contributed by atoms with E-state index in [1.54, 1.807) is 31.4 Å². The van der Waals surface area contributed by atoms with Gasteiger partial charge < -0.3 is 29.8 Å². The first-order valence-electron chi connectivity index (χ1n) is 10.5. The van der Waals surface area contributed by atoms with Gasteiger partial charge in [0.1, 0.15) is 11.6 Å². The predicted octanol–water partition coefficient (Wildman–Crippen LogP) is 2.57. The molecule has 0 fully saturated rings. The van der Waals surface area contributed by atoms with Crippen molar-refractivity contribution in [3.8, 4) is 11.6 Å². The lowest BCUT2D eigenvalue weighted by atomic mass is 10.2. The molecule has 14 nitrogen and oxygen atoms in total. The maximum absolute atomic E-state index is 12.2. The molecule has 0 bridgehead atoms. The third-order valence-corrected chi connectivity index (χ3v) is 4.55. The third kappa shape index (κ3) is 6.31. The van der Waals surface area contributed by atoms with E-state index in [1.807, 2.05) is 0 Å². The molecule has 0 spiro atoms. The van der Waals surface area contributed by atoms with E-state index in [0.29, 0.717) is 0 Å². The van der Waals surface area contributed by atoms with Gasteiger partial charge in [-0.3, -0.25) is 10.1 Å². The van der Waals surface area contributed by atoms with Gasteiger partial charge in [-0.2, -0.15) is 9.97 Å². The Morgan fingerprint density at radius 2 is 1.97 bits per heavy atom. The second-order valence-electron chi connectivity index (χ2n) is 8.33. The monoisotopic (exact) mass is 487 g/mol. The lowest BCUT2D eigenvalue weighted by Gasteiger charge is -2.22. The Hall–Kier alpha value is -4.49. The first-order valence-corrected chi connectivity index (χ1v) is 10.5. The Morgan fingerprint density at radius 1 is 1.26 bits per heavy atom. The number of nitrogens with two attached hydrogens (primary N) is 1. The quantitative estimate of drug-likeness (QED) is 0.270. The number of carbonyl (C=O) groups excluding carboxylic acids is 2. The summed E-state index contributed by atoms with van der Waals surface area (Å²) >= 11 is 0. The number of nitro benzene ring substituents is 1. The molecular weight excluding hydrogens is 462 g/mol. The van der Waals surface area contributed by atoms with Crippen molar-refractivity contribution in [1.29, 1.82) is 0 Å². The van der Waals surface area contributed by atoms with Gasteiger partial charge in [0.15, 0.2) is 11.2 Å². The van der Waals surface area contributed by atoms with E-state index in [1.165, 1.54) is 31.6 Å². The molecule has 14 heteroatoms. The molecule has 0 aliphatic rings. The van der Waals surface area contributed by atoms with Gasteiger partial charge in [0.2, 0.25) is 11.7 Å². The Kier molecular flexibility index (Phi) is 7.32. The number of hydrogen-bond donors (Lipinski definition) is 2. The molecule has 35 heavy (non-hydrogen) atoms. The average molecular weight is 487 g/mol. The number of alkyl carbamates (subject to hydrolysis) is 1. The van der Waals surface area contributed by atoms with Crippen molar-refractivity contribution in [2.45, 2.75) is 45.4 Å². The number of benzene rings is 1. The molecule has 0 saturated carbocycles. The summed E-state index contributed by atoms with van der Waals surface area (Å²) in [5, 5.41) is 13.8. The SMILES string of the molecule is COC(=O)[C@H](CCn1cnc2c(Oc3ccccc3[N+](=O)[O-])nc(N)nc21)NC(=O)OC(C)(C)C. The van der Waals surface area contributed by atoms with Crippen molar-refractivity contribution in [2.75, 3.05) is 12.8 Å². The van der Waals surface area contributed by atoms with Crippen LogP contribution in [0.2, 0.25) is 0 Å². The van der Waals surface area contributed by atoms with Crippen LogP contribution < -0.4 is 15.8 Å². The van der Waals surface area contributed by atoms with Crippen molar-refractivity contribution < 1.29 is 28.7 Å². The molecule has 1 amide bonds. The molecule has 3 aromatic rings. The van der Waals surface area contributed by atoms with Gasteiger partial charge in [-0.15, -0.1) is 0 Å². The molecule has 0 unspecified atom stereocenters. The van der Waals surface area contributed by atoms with Gasteiger partial charge in [-0.25, -0.2) is 14.6 Å². The number of esters is 1. The molecule has 0 aliphatic carbocycles. The zero-order chi connectivity index (χ0) is 25.8. The Morgan fingerprint density at radius 3 is 2.63 bits per heavy atom. The van der Waals surface area contributed by atoms with E-state index in [4.69, 9.17) is 19.9 Å². The van der Waals surface area contributed by atoms with Crippen LogP contribution in [-0.2, 0) is 20.8 Å². The predicted molar refractivity (Wildman–Crippen MR) is 123 cm³/mol. The average Bonchev–Trinajstić information content (AvgIpc) is 3.17. The van der Waals surface area contributed by atoms with Crippen molar-refractivity contribution in [3.63, 3.8) is 0 Å². The van der Waals surface area contributed by atoms with Crippen LogP contribution in [0.4, 0.5) is 16.4 Å². The molecule has 2 aromatic heterocycles. The zero-order valence-corrected chi connectivity index (χ0v) is 19.5. The summed E-state index contributed by atoms with van der Waals surface area (Å²) in [7, 11) is 1.21. The summed E-state index contributed by atoms with van der Waals surface area (Å²) in [6.07, 6.45) is 0.768. The fourth-order valence-corrected chi connectivity index (χ4v) is 3.08. The van der Waals surface area contributed by atoms with Gasteiger partial charge >= 0.3 is 17.7 Å². The number of anilines is 1. The number of ether oxygens (including phenoxy) is 3. The van der Waals surface area contributed by atoms with Gasteiger partial charge in [0.05, 0.1) is 18.4 Å². The van der Waals surface area contributed by atoms with E-state index in [9.17, 15) is 19.7 Å². The van der Waals surface area contributed by atoms with Gasteiger partial charge in [-0.1, -0.05) is 12.1 Å². The van der Waals surface area contributed by atoms with E-state index in [2.05, 4.69) is 20.3 Å². The highest BCUT2D eigenvalue weighted by atomic mass is 16.6. The molecule has 1 aromatic carbocycles. The minimum atomic E-state index is -1.01. The Balaban J connectivity index is 1.84. The number of nitrogens with one attached hydrogen (secondary N) is 1. The number of nitrogens with zero attached hydrogens (tertiary/aromatic N) is 5. The lowest BCUT2D eigenvalue weighted by molar-refractivity contribution is -0.385. The first-order chi connectivity index (χ1) is 16.5. The van der Waals surface area contributed by atoms with Crippen molar-refractivity contribution in [3.05, 3.63) is 40.7 Å². The lowest BCUT2D eigenvalue weighted by Crippen LogP contribution is -2.44. The van der Waals surface area contributed by atoms with E-state index < -0.39 is 28.6 Å². The highest BCUT2D eigenvalue weighted by Crippen LogP contribution is 2.33. The number of nitrogen functional groups attached to an aromatic ring is 1. The number of amides is 1. The number of carbonyl (C=O) groups is 2. The molecular formula is C21H25N7O7. The zero-order valence-electron chi connectivity index (χ0n) is 19.5. The minimum Gasteiger partial charge on any atom is -0.467 e. The second kappa shape index (κ2) is 10.2. The summed E-state index contributed by atoms with van der Waals surface area (Å²) in [6.45, 7) is 5.27. The molecule has 2 heterocycles. The van der Waals surface area contributed by atoms with Crippen LogP contribution in [0.1, 0.15) is 27.2 Å². The van der Waals surface area contributed by atoms with Crippen LogP contribution >= 0.6 is 0 Å². The fraction of sp³-hybridized carbons (Fsp3) is 0.381. The second-order valence-corrected chi connectivity index (χ2v) is 8.33. The minimum absolute atomic E-state index is 0.0428. The maximum atomic E-state index is 12.2. The highest BCUT2D eigenvalue weighted by molar-refractivity contribution is 5.81. The summed E-state index contributed by atoms with van der Waals surface area (Å²) in [5.74, 6) is -0.922. The van der Waals surface area contributed by atoms with E-state index >= 15 is 0 Å². The summed E-state index contributed by atoms with van der Waals surface area (Å²) in [5.41, 5.74) is 5.30.